The highest BCUT2D eigenvalue weighted by molar-refractivity contribution is 6.07. The van der Waals surface area contributed by atoms with E-state index in [4.69, 9.17) is 33.7 Å². The van der Waals surface area contributed by atoms with Crippen molar-refractivity contribution in [2.24, 2.45) is 11.8 Å². The Balaban J connectivity index is 0.986. The topological polar surface area (TPSA) is 195 Å². The van der Waals surface area contributed by atoms with Crippen LogP contribution in [-0.4, -0.2) is 105 Å². The average molecular weight is 831 g/mol. The van der Waals surface area contributed by atoms with Crippen molar-refractivity contribution in [3.05, 3.63) is 65.9 Å². The molecule has 3 aromatic heterocycles. The molecule has 0 radical (unpaired) electrons. The van der Waals surface area contributed by atoms with E-state index in [0.29, 0.717) is 25.7 Å². The summed E-state index contributed by atoms with van der Waals surface area (Å²) in [4.78, 5) is 60.5. The van der Waals surface area contributed by atoms with Gasteiger partial charge in [-0.05, 0) is 78.4 Å². The Morgan fingerprint density at radius 2 is 1.72 bits per heavy atom. The van der Waals surface area contributed by atoms with Gasteiger partial charge in [0.2, 0.25) is 11.9 Å². The first-order valence-electron chi connectivity index (χ1n) is 20.6. The van der Waals surface area contributed by atoms with E-state index in [9.17, 15) is 9.59 Å². The summed E-state index contributed by atoms with van der Waals surface area (Å²) in [6, 6.07) is 14.0. The number of aromatic amines is 2. The quantitative estimate of drug-likeness (QED) is 0.128. The first-order valence-corrected chi connectivity index (χ1v) is 20.6. The second-order valence-electron chi connectivity index (χ2n) is 16.4. The lowest BCUT2D eigenvalue weighted by atomic mass is 9.92. The number of imidazole rings is 2. The largest absolute Gasteiger partial charge is 0.488 e. The van der Waals surface area contributed by atoms with E-state index in [2.05, 4.69) is 71.5 Å². The second-order valence-corrected chi connectivity index (χ2v) is 16.4. The standard InChI is InChI=1S/C44H50N10O7/c1-22(2)36(49-44(56)60-7)40(55)54-23(3)8-13-33(54)39-46-31-12-10-25-16-30-28-11-9-26(15-27(28)21-61-35(30)17-29(25)37(31)48-39)32-18-45-38(47-32)34-14-24(20-57-4)19-53(34)41-50-42(58-5)52-43(51-41)59-6/h9-12,15-18,22-24,33-34,36H,8,13-14,19-21H2,1-7H3,(H,45,47)(H,46,48)(H,49,56)/t23-,24-,33-,34-,36-/m0/s1. The van der Waals surface area contributed by atoms with Crippen molar-refractivity contribution in [2.45, 2.75) is 70.8 Å². The fourth-order valence-electron chi connectivity index (χ4n) is 9.17. The molecule has 0 unspecified atom stereocenters. The zero-order chi connectivity index (χ0) is 42.5. The van der Waals surface area contributed by atoms with E-state index < -0.39 is 12.1 Å². The highest BCUT2D eigenvalue weighted by Gasteiger charge is 2.42. The van der Waals surface area contributed by atoms with Crippen molar-refractivity contribution in [1.82, 2.24) is 45.1 Å². The summed E-state index contributed by atoms with van der Waals surface area (Å²) >= 11 is 0. The number of hydrogen-bond donors (Lipinski definition) is 3. The van der Waals surface area contributed by atoms with Crippen molar-refractivity contribution in [3.8, 4) is 40.2 Å². The third-order valence-corrected chi connectivity index (χ3v) is 12.2. The van der Waals surface area contributed by atoms with Gasteiger partial charge < -0.3 is 48.8 Å². The average Bonchev–Trinajstić information content (AvgIpc) is 4.10. The van der Waals surface area contributed by atoms with Crippen LogP contribution in [0.1, 0.15) is 69.3 Å². The molecule has 0 bridgehead atoms. The van der Waals surface area contributed by atoms with Gasteiger partial charge in [0.25, 0.3) is 0 Å². The third kappa shape index (κ3) is 7.29. The molecule has 5 atom stereocenters. The van der Waals surface area contributed by atoms with Gasteiger partial charge in [-0.2, -0.15) is 9.97 Å². The van der Waals surface area contributed by atoms with Crippen LogP contribution in [0.15, 0.2) is 48.7 Å². The van der Waals surface area contributed by atoms with Gasteiger partial charge in [-0.25, -0.2) is 14.8 Å². The monoisotopic (exact) mass is 830 g/mol. The summed E-state index contributed by atoms with van der Waals surface area (Å²) in [6.45, 7) is 7.53. The van der Waals surface area contributed by atoms with Crippen LogP contribution in [0.2, 0.25) is 0 Å². The zero-order valence-corrected chi connectivity index (χ0v) is 35.3. The maximum absolute atomic E-state index is 14.0. The number of anilines is 1. The summed E-state index contributed by atoms with van der Waals surface area (Å²) < 4.78 is 27.5. The number of amides is 2. The first-order chi connectivity index (χ1) is 29.6. The molecule has 2 saturated heterocycles. The highest BCUT2D eigenvalue weighted by Crippen LogP contribution is 2.44. The number of H-pyrrole nitrogens is 2. The minimum Gasteiger partial charge on any atom is -0.488 e. The summed E-state index contributed by atoms with van der Waals surface area (Å²) in [7, 11) is 6.04. The van der Waals surface area contributed by atoms with Gasteiger partial charge in [0.1, 0.15) is 30.0 Å². The minimum absolute atomic E-state index is 0.0196. The van der Waals surface area contributed by atoms with Crippen LogP contribution in [0.25, 0.3) is 44.2 Å². The molecule has 2 amide bonds. The van der Waals surface area contributed by atoms with Crippen LogP contribution in [0, 0.1) is 11.8 Å². The number of likely N-dealkylation sites (tertiary alicyclic amines) is 1. The van der Waals surface area contributed by atoms with Gasteiger partial charge in [0.05, 0.1) is 62.9 Å². The molecular weight excluding hydrogens is 781 g/mol. The van der Waals surface area contributed by atoms with Crippen LogP contribution in [0.5, 0.6) is 17.8 Å². The number of rotatable bonds is 11. The van der Waals surface area contributed by atoms with Crippen LogP contribution in [0.4, 0.5) is 10.7 Å². The Labute approximate surface area is 352 Å². The van der Waals surface area contributed by atoms with Gasteiger partial charge >= 0.3 is 18.1 Å². The van der Waals surface area contributed by atoms with E-state index in [0.717, 1.165) is 86.4 Å². The van der Waals surface area contributed by atoms with Gasteiger partial charge in [-0.3, -0.25) is 4.79 Å². The molecule has 0 aliphatic carbocycles. The molecule has 61 heavy (non-hydrogen) atoms. The van der Waals surface area contributed by atoms with Crippen molar-refractivity contribution in [3.63, 3.8) is 0 Å². The molecule has 3 N–H and O–H groups in total. The summed E-state index contributed by atoms with van der Waals surface area (Å²) in [6.07, 6.45) is 3.61. The minimum atomic E-state index is -0.720. The van der Waals surface area contributed by atoms with E-state index >= 15 is 0 Å². The number of carbonyl (C=O) groups is 2. The normalized spacial score (nSPS) is 20.1. The number of ether oxygens (including phenoxy) is 5. The second kappa shape index (κ2) is 16.2. The van der Waals surface area contributed by atoms with Gasteiger partial charge in [0.15, 0.2) is 0 Å². The lowest BCUT2D eigenvalue weighted by Gasteiger charge is -2.32. The van der Waals surface area contributed by atoms with Crippen molar-refractivity contribution in [2.75, 3.05) is 46.5 Å². The zero-order valence-electron chi connectivity index (χ0n) is 35.3. The van der Waals surface area contributed by atoms with Crippen LogP contribution < -0.4 is 24.4 Å². The molecule has 2 fully saturated rings. The maximum Gasteiger partial charge on any atom is 0.407 e. The van der Waals surface area contributed by atoms with E-state index in [1.165, 1.54) is 21.3 Å². The number of nitrogens with zero attached hydrogens (tertiary/aromatic N) is 7. The fraction of sp³-hybridized carbons (Fsp3) is 0.432. The molecule has 318 valence electrons. The van der Waals surface area contributed by atoms with Crippen molar-refractivity contribution < 1.29 is 33.3 Å². The molecule has 17 heteroatoms. The number of carbonyl (C=O) groups excluding carboxylic acids is 2. The Morgan fingerprint density at radius 1 is 0.918 bits per heavy atom. The molecule has 6 heterocycles. The third-order valence-electron chi connectivity index (χ3n) is 12.2. The van der Waals surface area contributed by atoms with Gasteiger partial charge in [-0.1, -0.05) is 32.0 Å². The smallest absolute Gasteiger partial charge is 0.407 e. The summed E-state index contributed by atoms with van der Waals surface area (Å²) in [5.74, 6) is 2.71. The fourth-order valence-corrected chi connectivity index (χ4v) is 9.17. The number of nitrogens with one attached hydrogen (secondary N) is 3. The molecule has 3 aliphatic rings. The molecule has 9 rings (SSSR count). The number of methoxy groups -OCH3 is 4. The van der Waals surface area contributed by atoms with Gasteiger partial charge in [0, 0.05) is 36.6 Å². The van der Waals surface area contributed by atoms with E-state index in [1.807, 2.05) is 37.9 Å². The Hall–Kier alpha value is -6.49. The number of hydrogen-bond acceptors (Lipinski definition) is 13. The van der Waals surface area contributed by atoms with Crippen LogP contribution in [0.3, 0.4) is 0 Å². The van der Waals surface area contributed by atoms with Crippen LogP contribution in [-0.2, 0) is 20.9 Å². The predicted molar refractivity (Wildman–Crippen MR) is 226 cm³/mol. The van der Waals surface area contributed by atoms with Gasteiger partial charge in [-0.15, -0.1) is 4.98 Å². The lowest BCUT2D eigenvalue weighted by molar-refractivity contribution is -0.137. The molecule has 0 saturated carbocycles. The SMILES string of the molecule is COC[C@H]1C[C@@H](c2ncc(-c3ccc4c(c3)COc3cc5c(ccc6[nH]c([C@@H]7CC[C@H](C)N7C(=O)[C@@H](NC(=O)OC)C(C)C)nc65)cc3-4)[nH]2)N(c2nc(OC)nc(OC)n2)C1. The van der Waals surface area contributed by atoms with Crippen LogP contribution >= 0.6 is 0 Å². The predicted octanol–water partition coefficient (Wildman–Crippen LogP) is 6.51. The Kier molecular flexibility index (Phi) is 10.6. The molecule has 3 aromatic carbocycles. The number of aromatic nitrogens is 7. The Morgan fingerprint density at radius 3 is 2.46 bits per heavy atom. The highest BCUT2D eigenvalue weighted by atomic mass is 16.5. The molecular formula is C44H50N10O7. The number of benzene rings is 3. The maximum atomic E-state index is 14.0. The first kappa shape index (κ1) is 39.9. The summed E-state index contributed by atoms with van der Waals surface area (Å²) in [5, 5.41) is 4.73. The lowest BCUT2D eigenvalue weighted by Crippen LogP contribution is -2.52. The molecule has 0 spiro atoms. The Bertz CT molecular complexity index is 2600. The van der Waals surface area contributed by atoms with E-state index in [-0.39, 0.29) is 47.9 Å². The number of fused-ring (bicyclic) bond motifs is 6. The van der Waals surface area contributed by atoms with E-state index in [1.54, 1.807) is 7.11 Å². The van der Waals surface area contributed by atoms with Crippen molar-refractivity contribution in [1.29, 1.82) is 0 Å². The van der Waals surface area contributed by atoms with Crippen molar-refractivity contribution >= 4 is 39.8 Å². The summed E-state index contributed by atoms with van der Waals surface area (Å²) in [5.41, 5.74) is 6.75. The molecule has 3 aliphatic heterocycles. The molecule has 17 nitrogen and oxygen atoms in total. The number of alkyl carbamates (subject to hydrolysis) is 1. The molecule has 6 aromatic rings.